The van der Waals surface area contributed by atoms with Gasteiger partial charge in [-0.15, -0.1) is 0 Å². The van der Waals surface area contributed by atoms with Crippen LogP contribution in [0.15, 0.2) is 6.07 Å². The Labute approximate surface area is 84.7 Å². The molecule has 0 amide bonds. The lowest BCUT2D eigenvalue weighted by Gasteiger charge is -2.06. The summed E-state index contributed by atoms with van der Waals surface area (Å²) >= 11 is 0. The van der Waals surface area contributed by atoms with Crippen LogP contribution in [-0.4, -0.2) is 11.3 Å². The number of carbonyl (C=O) groups is 1. The Kier molecular flexibility index (Phi) is 2.71. The molecule has 2 heteroatoms. The monoisotopic (exact) mass is 191 g/mol. The van der Waals surface area contributed by atoms with Gasteiger partial charge in [-0.1, -0.05) is 19.8 Å². The van der Waals surface area contributed by atoms with Gasteiger partial charge >= 0.3 is 0 Å². The van der Waals surface area contributed by atoms with Crippen molar-refractivity contribution in [2.45, 2.75) is 44.9 Å². The molecule has 1 saturated carbocycles. The summed E-state index contributed by atoms with van der Waals surface area (Å²) in [7, 11) is 0. The molecule has 1 aliphatic carbocycles. The van der Waals surface area contributed by atoms with Gasteiger partial charge in [0.05, 0.1) is 5.69 Å². The topological polar surface area (TPSA) is 32.9 Å². The van der Waals surface area contributed by atoms with Crippen LogP contribution in [-0.2, 0) is 6.42 Å². The Bertz CT molecular complexity index is 321. The number of aromatic nitrogens is 1. The predicted molar refractivity (Wildman–Crippen MR) is 56.8 cm³/mol. The molecule has 0 bridgehead atoms. The van der Waals surface area contributed by atoms with Gasteiger partial charge in [0.1, 0.15) is 0 Å². The average molecular weight is 191 g/mol. The molecule has 0 atom stereocenters. The lowest BCUT2D eigenvalue weighted by Crippen LogP contribution is -1.94. The summed E-state index contributed by atoms with van der Waals surface area (Å²) in [5.74, 6) is 0.631. The Hall–Kier alpha value is -1.05. The van der Waals surface area contributed by atoms with Crippen LogP contribution in [0.1, 0.15) is 60.3 Å². The molecule has 0 unspecified atom stereocenters. The first-order valence-electron chi connectivity index (χ1n) is 5.52. The Morgan fingerprint density at radius 1 is 1.50 bits per heavy atom. The molecule has 2 rings (SSSR count). The number of rotatable bonds is 3. The molecule has 14 heavy (non-hydrogen) atoms. The van der Waals surface area contributed by atoms with Gasteiger partial charge in [-0.25, -0.2) is 0 Å². The van der Waals surface area contributed by atoms with Gasteiger partial charge in [-0.2, -0.15) is 0 Å². The number of aromatic amines is 1. The Morgan fingerprint density at radius 3 is 2.79 bits per heavy atom. The minimum atomic E-state index is 0.631. The maximum atomic E-state index is 10.9. The van der Waals surface area contributed by atoms with Gasteiger partial charge in [0.15, 0.2) is 6.29 Å². The highest BCUT2D eigenvalue weighted by molar-refractivity contribution is 5.75. The van der Waals surface area contributed by atoms with Crippen molar-refractivity contribution < 1.29 is 4.79 Å². The van der Waals surface area contributed by atoms with E-state index in [1.165, 1.54) is 36.9 Å². The fourth-order valence-electron chi connectivity index (χ4n) is 2.41. The average Bonchev–Trinajstić information content (AvgIpc) is 2.85. The van der Waals surface area contributed by atoms with Gasteiger partial charge in [0, 0.05) is 5.69 Å². The van der Waals surface area contributed by atoms with Crippen LogP contribution in [0, 0.1) is 0 Å². The minimum absolute atomic E-state index is 0.631. The van der Waals surface area contributed by atoms with E-state index >= 15 is 0 Å². The minimum Gasteiger partial charge on any atom is -0.356 e. The second-order valence-corrected chi connectivity index (χ2v) is 4.12. The van der Waals surface area contributed by atoms with E-state index in [4.69, 9.17) is 0 Å². The van der Waals surface area contributed by atoms with Gasteiger partial charge in [0.2, 0.25) is 0 Å². The van der Waals surface area contributed by atoms with Crippen molar-refractivity contribution in [3.63, 3.8) is 0 Å². The number of aryl methyl sites for hydroxylation is 1. The zero-order valence-corrected chi connectivity index (χ0v) is 8.68. The molecular formula is C12H17NO. The van der Waals surface area contributed by atoms with E-state index < -0.39 is 0 Å². The predicted octanol–water partition coefficient (Wildman–Crippen LogP) is 3.05. The Morgan fingerprint density at radius 2 is 2.21 bits per heavy atom. The highest BCUT2D eigenvalue weighted by Crippen LogP contribution is 2.35. The molecule has 1 heterocycles. The summed E-state index contributed by atoms with van der Waals surface area (Å²) in [6, 6.07) is 2.18. The Balaban J connectivity index is 2.29. The first-order chi connectivity index (χ1) is 6.85. The first-order valence-corrected chi connectivity index (χ1v) is 5.52. The molecule has 0 aromatic carbocycles. The summed E-state index contributed by atoms with van der Waals surface area (Å²) in [5.41, 5.74) is 3.26. The van der Waals surface area contributed by atoms with Crippen LogP contribution in [0.25, 0.3) is 0 Å². The molecule has 1 N–H and O–H groups in total. The fourth-order valence-corrected chi connectivity index (χ4v) is 2.41. The molecule has 1 aliphatic rings. The molecule has 0 saturated heterocycles. The second-order valence-electron chi connectivity index (χ2n) is 4.12. The SMILES string of the molecule is CCc1cc(C2CCCC2)c(C=O)[nH]1. The number of carbonyl (C=O) groups excluding carboxylic acids is 1. The number of H-pyrrole nitrogens is 1. The molecule has 0 spiro atoms. The van der Waals surface area contributed by atoms with Crippen LogP contribution in [0.2, 0.25) is 0 Å². The van der Waals surface area contributed by atoms with Crippen molar-refractivity contribution in [3.05, 3.63) is 23.0 Å². The van der Waals surface area contributed by atoms with Crippen LogP contribution in [0.3, 0.4) is 0 Å². The highest BCUT2D eigenvalue weighted by Gasteiger charge is 2.21. The van der Waals surface area contributed by atoms with E-state index in [1.54, 1.807) is 0 Å². The molecule has 1 aromatic heterocycles. The standard InChI is InChI=1S/C12H17NO/c1-2-10-7-11(12(8-14)13-10)9-5-3-4-6-9/h7-9,13H,2-6H2,1H3. The summed E-state index contributed by atoms with van der Waals surface area (Å²) in [4.78, 5) is 14.1. The normalized spacial score (nSPS) is 17.5. The van der Waals surface area contributed by atoms with Crippen LogP contribution in [0.4, 0.5) is 0 Å². The summed E-state index contributed by atoms with van der Waals surface area (Å²) < 4.78 is 0. The molecule has 2 nitrogen and oxygen atoms in total. The van der Waals surface area contributed by atoms with E-state index in [2.05, 4.69) is 18.0 Å². The molecule has 0 aliphatic heterocycles. The third-order valence-corrected chi connectivity index (χ3v) is 3.23. The number of nitrogens with one attached hydrogen (secondary N) is 1. The van der Waals surface area contributed by atoms with Gasteiger partial charge < -0.3 is 4.98 Å². The molecule has 0 radical (unpaired) electrons. The van der Waals surface area contributed by atoms with Crippen LogP contribution < -0.4 is 0 Å². The van der Waals surface area contributed by atoms with E-state index in [0.717, 1.165) is 18.4 Å². The van der Waals surface area contributed by atoms with Crippen molar-refractivity contribution in [2.24, 2.45) is 0 Å². The fraction of sp³-hybridized carbons (Fsp3) is 0.583. The van der Waals surface area contributed by atoms with Crippen molar-refractivity contribution in [1.82, 2.24) is 4.98 Å². The van der Waals surface area contributed by atoms with E-state index in [1.807, 2.05) is 0 Å². The van der Waals surface area contributed by atoms with E-state index in [0.29, 0.717) is 5.92 Å². The second kappa shape index (κ2) is 3.99. The lowest BCUT2D eigenvalue weighted by molar-refractivity contribution is 0.111. The number of hydrogen-bond acceptors (Lipinski definition) is 1. The number of aldehydes is 1. The molecule has 76 valence electrons. The smallest absolute Gasteiger partial charge is 0.166 e. The van der Waals surface area contributed by atoms with Crippen molar-refractivity contribution in [1.29, 1.82) is 0 Å². The maximum absolute atomic E-state index is 10.9. The van der Waals surface area contributed by atoms with Gasteiger partial charge in [0.25, 0.3) is 0 Å². The lowest BCUT2D eigenvalue weighted by atomic mass is 9.98. The van der Waals surface area contributed by atoms with Crippen LogP contribution in [0.5, 0.6) is 0 Å². The van der Waals surface area contributed by atoms with Crippen molar-refractivity contribution >= 4 is 6.29 Å². The molecule has 1 fully saturated rings. The summed E-state index contributed by atoms with van der Waals surface area (Å²) in [6.45, 7) is 2.11. The first kappa shape index (κ1) is 9.50. The van der Waals surface area contributed by atoms with Gasteiger partial charge in [-0.3, -0.25) is 4.79 Å². The summed E-state index contributed by atoms with van der Waals surface area (Å²) in [6.07, 6.45) is 7.08. The quantitative estimate of drug-likeness (QED) is 0.732. The van der Waals surface area contributed by atoms with E-state index in [9.17, 15) is 4.79 Å². The van der Waals surface area contributed by atoms with Crippen LogP contribution >= 0.6 is 0 Å². The van der Waals surface area contributed by atoms with E-state index in [-0.39, 0.29) is 0 Å². The zero-order chi connectivity index (χ0) is 9.97. The number of hydrogen-bond donors (Lipinski definition) is 1. The molecular weight excluding hydrogens is 174 g/mol. The maximum Gasteiger partial charge on any atom is 0.166 e. The largest absolute Gasteiger partial charge is 0.356 e. The van der Waals surface area contributed by atoms with Crippen molar-refractivity contribution in [2.75, 3.05) is 0 Å². The molecule has 1 aromatic rings. The summed E-state index contributed by atoms with van der Waals surface area (Å²) in [5, 5.41) is 0. The zero-order valence-electron chi connectivity index (χ0n) is 8.68. The third-order valence-electron chi connectivity index (χ3n) is 3.23. The van der Waals surface area contributed by atoms with Gasteiger partial charge in [-0.05, 0) is 36.8 Å². The third kappa shape index (κ3) is 1.61. The highest BCUT2D eigenvalue weighted by atomic mass is 16.1. The van der Waals surface area contributed by atoms with Crippen molar-refractivity contribution in [3.8, 4) is 0 Å².